The number of hydrogen-bond acceptors (Lipinski definition) is 3. The standard InChI is InChI=1S/C13H27NO2/c1-11(2)14-13(3,10-15)8-5-9-16-12-6-4-7-12/h11-12,14-15H,4-10H2,1-3H3. The molecule has 0 aromatic heterocycles. The van der Waals surface area contributed by atoms with Gasteiger partial charge in [-0.2, -0.15) is 0 Å². The van der Waals surface area contributed by atoms with E-state index in [1.165, 1.54) is 19.3 Å². The molecule has 0 aromatic rings. The van der Waals surface area contributed by atoms with Crippen molar-refractivity contribution >= 4 is 0 Å². The van der Waals surface area contributed by atoms with Crippen LogP contribution >= 0.6 is 0 Å². The molecule has 0 aliphatic heterocycles. The van der Waals surface area contributed by atoms with Crippen LogP contribution in [0.1, 0.15) is 52.9 Å². The number of hydrogen-bond donors (Lipinski definition) is 2. The van der Waals surface area contributed by atoms with Gasteiger partial charge >= 0.3 is 0 Å². The number of ether oxygens (including phenoxy) is 1. The normalized spacial score (nSPS) is 20.8. The summed E-state index contributed by atoms with van der Waals surface area (Å²) in [6, 6.07) is 0.407. The second kappa shape index (κ2) is 6.58. The molecule has 1 unspecified atom stereocenters. The van der Waals surface area contributed by atoms with Gasteiger partial charge in [0.05, 0.1) is 12.7 Å². The minimum Gasteiger partial charge on any atom is -0.394 e. The quantitative estimate of drug-likeness (QED) is 0.626. The molecule has 96 valence electrons. The van der Waals surface area contributed by atoms with Crippen molar-refractivity contribution in [3.63, 3.8) is 0 Å². The monoisotopic (exact) mass is 229 g/mol. The van der Waals surface area contributed by atoms with Gasteiger partial charge in [0.25, 0.3) is 0 Å². The lowest BCUT2D eigenvalue weighted by Gasteiger charge is -2.32. The largest absolute Gasteiger partial charge is 0.394 e. The van der Waals surface area contributed by atoms with Crippen molar-refractivity contribution < 1.29 is 9.84 Å². The summed E-state index contributed by atoms with van der Waals surface area (Å²) >= 11 is 0. The molecule has 1 saturated carbocycles. The third-order valence-corrected chi connectivity index (χ3v) is 3.26. The average Bonchev–Trinajstić information content (AvgIpc) is 2.13. The topological polar surface area (TPSA) is 41.5 Å². The maximum atomic E-state index is 9.40. The fourth-order valence-electron chi connectivity index (χ4n) is 2.14. The van der Waals surface area contributed by atoms with Gasteiger partial charge in [-0.15, -0.1) is 0 Å². The molecule has 0 bridgehead atoms. The second-order valence-electron chi connectivity index (χ2n) is 5.55. The molecule has 0 heterocycles. The molecule has 0 amide bonds. The van der Waals surface area contributed by atoms with Crippen LogP contribution in [0.2, 0.25) is 0 Å². The van der Waals surface area contributed by atoms with Crippen LogP contribution in [-0.2, 0) is 4.74 Å². The Bertz CT molecular complexity index is 192. The van der Waals surface area contributed by atoms with Crippen LogP contribution in [-0.4, -0.2) is 36.0 Å². The van der Waals surface area contributed by atoms with Crippen LogP contribution < -0.4 is 5.32 Å². The molecule has 0 spiro atoms. The lowest BCUT2D eigenvalue weighted by atomic mass is 9.95. The van der Waals surface area contributed by atoms with E-state index in [0.717, 1.165) is 19.4 Å². The highest BCUT2D eigenvalue weighted by Gasteiger charge is 2.24. The average molecular weight is 229 g/mol. The second-order valence-corrected chi connectivity index (χ2v) is 5.55. The van der Waals surface area contributed by atoms with Crippen molar-refractivity contribution in [1.29, 1.82) is 0 Å². The van der Waals surface area contributed by atoms with E-state index in [-0.39, 0.29) is 12.1 Å². The Balaban J connectivity index is 2.11. The molecular weight excluding hydrogens is 202 g/mol. The zero-order chi connectivity index (χ0) is 12.0. The molecule has 0 radical (unpaired) electrons. The molecule has 1 aliphatic carbocycles. The van der Waals surface area contributed by atoms with Crippen molar-refractivity contribution in [3.05, 3.63) is 0 Å². The van der Waals surface area contributed by atoms with Gasteiger partial charge in [0.15, 0.2) is 0 Å². The first-order chi connectivity index (χ1) is 7.56. The maximum Gasteiger partial charge on any atom is 0.0610 e. The summed E-state index contributed by atoms with van der Waals surface area (Å²) in [5.41, 5.74) is -0.156. The van der Waals surface area contributed by atoms with E-state index >= 15 is 0 Å². The predicted octanol–water partition coefficient (Wildman–Crippen LogP) is 2.08. The summed E-state index contributed by atoms with van der Waals surface area (Å²) in [5.74, 6) is 0. The van der Waals surface area contributed by atoms with Crippen molar-refractivity contribution in [2.75, 3.05) is 13.2 Å². The summed E-state index contributed by atoms with van der Waals surface area (Å²) in [4.78, 5) is 0. The summed E-state index contributed by atoms with van der Waals surface area (Å²) in [5, 5.41) is 12.8. The van der Waals surface area contributed by atoms with Crippen LogP contribution in [0.3, 0.4) is 0 Å². The minimum absolute atomic E-state index is 0.156. The van der Waals surface area contributed by atoms with Crippen molar-refractivity contribution in [2.24, 2.45) is 0 Å². The summed E-state index contributed by atoms with van der Waals surface area (Å²) in [6.45, 7) is 7.32. The van der Waals surface area contributed by atoms with Gasteiger partial charge in [0.1, 0.15) is 0 Å². The number of nitrogens with one attached hydrogen (secondary N) is 1. The fourth-order valence-corrected chi connectivity index (χ4v) is 2.14. The van der Waals surface area contributed by atoms with Crippen LogP contribution in [0.15, 0.2) is 0 Å². The molecule has 1 atom stereocenters. The van der Waals surface area contributed by atoms with E-state index in [2.05, 4.69) is 26.1 Å². The van der Waals surface area contributed by atoms with Crippen LogP contribution in [0.5, 0.6) is 0 Å². The van der Waals surface area contributed by atoms with Crippen LogP contribution in [0.4, 0.5) is 0 Å². The highest BCUT2D eigenvalue weighted by atomic mass is 16.5. The summed E-state index contributed by atoms with van der Waals surface area (Å²) in [6.07, 6.45) is 6.32. The van der Waals surface area contributed by atoms with Gasteiger partial charge in [-0.1, -0.05) is 13.8 Å². The van der Waals surface area contributed by atoms with E-state index in [9.17, 15) is 5.11 Å². The summed E-state index contributed by atoms with van der Waals surface area (Å²) in [7, 11) is 0. The summed E-state index contributed by atoms with van der Waals surface area (Å²) < 4.78 is 5.71. The van der Waals surface area contributed by atoms with Crippen LogP contribution in [0.25, 0.3) is 0 Å². The zero-order valence-electron chi connectivity index (χ0n) is 11.0. The molecule has 3 heteroatoms. The molecule has 0 aromatic carbocycles. The molecule has 2 N–H and O–H groups in total. The first-order valence-electron chi connectivity index (χ1n) is 6.56. The Labute approximate surface area is 99.6 Å². The van der Waals surface area contributed by atoms with Gasteiger partial charge < -0.3 is 15.2 Å². The van der Waals surface area contributed by atoms with E-state index in [4.69, 9.17) is 4.74 Å². The molecule has 1 rings (SSSR count). The van der Waals surface area contributed by atoms with Gasteiger partial charge in [-0.05, 0) is 39.0 Å². The highest BCUT2D eigenvalue weighted by Crippen LogP contribution is 2.22. The Hall–Kier alpha value is -0.120. The third-order valence-electron chi connectivity index (χ3n) is 3.26. The maximum absolute atomic E-state index is 9.40. The molecule has 1 fully saturated rings. The molecule has 0 saturated heterocycles. The molecule has 16 heavy (non-hydrogen) atoms. The van der Waals surface area contributed by atoms with Crippen LogP contribution in [0, 0.1) is 0 Å². The molecular formula is C13H27NO2. The smallest absolute Gasteiger partial charge is 0.0610 e. The van der Waals surface area contributed by atoms with Crippen molar-refractivity contribution in [1.82, 2.24) is 5.32 Å². The van der Waals surface area contributed by atoms with Gasteiger partial charge in [0.2, 0.25) is 0 Å². The van der Waals surface area contributed by atoms with E-state index in [1.54, 1.807) is 0 Å². The lowest BCUT2D eigenvalue weighted by molar-refractivity contribution is -0.00281. The van der Waals surface area contributed by atoms with E-state index in [1.807, 2.05) is 0 Å². The van der Waals surface area contributed by atoms with E-state index < -0.39 is 0 Å². The van der Waals surface area contributed by atoms with Crippen molar-refractivity contribution in [3.8, 4) is 0 Å². The fraction of sp³-hybridized carbons (Fsp3) is 1.00. The highest BCUT2D eigenvalue weighted by molar-refractivity contribution is 4.83. The lowest BCUT2D eigenvalue weighted by Crippen LogP contribution is -2.49. The first kappa shape index (κ1) is 13.9. The predicted molar refractivity (Wildman–Crippen MR) is 66.6 cm³/mol. The SMILES string of the molecule is CC(C)NC(C)(CO)CCCOC1CCC1. The van der Waals surface area contributed by atoms with Gasteiger partial charge in [0, 0.05) is 18.2 Å². The van der Waals surface area contributed by atoms with Gasteiger partial charge in [-0.25, -0.2) is 0 Å². The first-order valence-corrected chi connectivity index (χ1v) is 6.56. The van der Waals surface area contributed by atoms with E-state index in [0.29, 0.717) is 12.1 Å². The molecule has 1 aliphatic rings. The zero-order valence-corrected chi connectivity index (χ0v) is 11.0. The minimum atomic E-state index is -0.156. The number of aliphatic hydroxyl groups excluding tert-OH is 1. The Morgan fingerprint density at radius 2 is 2.12 bits per heavy atom. The molecule has 3 nitrogen and oxygen atoms in total. The number of rotatable bonds is 8. The Kier molecular flexibility index (Phi) is 5.73. The Morgan fingerprint density at radius 1 is 1.44 bits per heavy atom. The Morgan fingerprint density at radius 3 is 2.56 bits per heavy atom. The number of aliphatic hydroxyl groups is 1. The van der Waals surface area contributed by atoms with Crippen molar-refractivity contribution in [2.45, 2.75) is 70.6 Å². The third kappa shape index (κ3) is 4.81. The van der Waals surface area contributed by atoms with Gasteiger partial charge in [-0.3, -0.25) is 0 Å².